The van der Waals surface area contributed by atoms with Gasteiger partial charge in [-0.25, -0.2) is 0 Å². The Morgan fingerprint density at radius 2 is 2.10 bits per heavy atom. The van der Waals surface area contributed by atoms with Crippen LogP contribution in [-0.2, 0) is 6.42 Å². The van der Waals surface area contributed by atoms with Crippen LogP contribution in [0.1, 0.15) is 30.8 Å². The third kappa shape index (κ3) is 2.08. The zero-order valence-corrected chi connectivity index (χ0v) is 12.5. The van der Waals surface area contributed by atoms with Gasteiger partial charge in [0.15, 0.2) is 0 Å². The van der Waals surface area contributed by atoms with Crippen LogP contribution in [0, 0.1) is 24.7 Å². The van der Waals surface area contributed by atoms with E-state index in [1.54, 1.807) is 0 Å². The van der Waals surface area contributed by atoms with E-state index >= 15 is 0 Å². The predicted octanol–water partition coefficient (Wildman–Crippen LogP) is 3.66. The molecule has 1 aromatic rings. The molecule has 2 aliphatic carbocycles. The number of rotatable bonds is 2. The van der Waals surface area contributed by atoms with Crippen LogP contribution in [0.3, 0.4) is 0 Å². The van der Waals surface area contributed by atoms with E-state index in [4.69, 9.17) is 0 Å². The Balaban J connectivity index is 2.07. The van der Waals surface area contributed by atoms with Crippen molar-refractivity contribution in [3.05, 3.63) is 47.3 Å². The molecule has 0 aliphatic heterocycles. The summed E-state index contributed by atoms with van der Waals surface area (Å²) in [6, 6.07) is 2.31. The lowest BCUT2D eigenvalue weighted by molar-refractivity contribution is 0.230. The maximum absolute atomic E-state index is 9.52. The van der Waals surface area contributed by atoms with Gasteiger partial charge in [0.05, 0.1) is 0 Å². The zero-order valence-electron chi connectivity index (χ0n) is 12.5. The molecule has 0 spiro atoms. The third-order valence-electron chi connectivity index (χ3n) is 4.63. The van der Waals surface area contributed by atoms with Crippen LogP contribution in [0.15, 0.2) is 30.4 Å². The minimum Gasteiger partial charge on any atom is -0.396 e. The molecule has 0 aromatic carbocycles. The average molecular weight is 269 g/mol. The SMILES string of the molecule is Cc1cc2c(n1C1=CC=CC(CO)C1C)C=CC(C)C2. The van der Waals surface area contributed by atoms with Crippen LogP contribution >= 0.6 is 0 Å². The van der Waals surface area contributed by atoms with E-state index in [9.17, 15) is 5.11 Å². The number of aryl methyl sites for hydroxylation is 1. The van der Waals surface area contributed by atoms with E-state index in [2.05, 4.69) is 61.8 Å². The first-order valence-corrected chi connectivity index (χ1v) is 7.51. The molecule has 1 N–H and O–H groups in total. The molecule has 3 unspecified atom stereocenters. The average Bonchev–Trinajstić information content (AvgIpc) is 2.74. The van der Waals surface area contributed by atoms with E-state index < -0.39 is 0 Å². The Morgan fingerprint density at radius 1 is 1.30 bits per heavy atom. The number of hydrogen-bond donors (Lipinski definition) is 1. The Morgan fingerprint density at radius 3 is 2.85 bits per heavy atom. The molecular weight excluding hydrogens is 246 g/mol. The van der Waals surface area contributed by atoms with Gasteiger partial charge in [-0.2, -0.15) is 0 Å². The van der Waals surface area contributed by atoms with Gasteiger partial charge in [-0.3, -0.25) is 0 Å². The highest BCUT2D eigenvalue weighted by atomic mass is 16.3. The largest absolute Gasteiger partial charge is 0.396 e. The molecule has 1 aromatic heterocycles. The van der Waals surface area contributed by atoms with Gasteiger partial charge in [0, 0.05) is 35.5 Å². The highest BCUT2D eigenvalue weighted by molar-refractivity contribution is 5.65. The van der Waals surface area contributed by atoms with Crippen molar-refractivity contribution in [1.29, 1.82) is 0 Å². The maximum atomic E-state index is 9.52. The summed E-state index contributed by atoms with van der Waals surface area (Å²) in [5.41, 5.74) is 5.36. The summed E-state index contributed by atoms with van der Waals surface area (Å²) < 4.78 is 2.37. The molecule has 1 heterocycles. The fraction of sp³-hybridized carbons (Fsp3) is 0.444. The Hall–Kier alpha value is -1.54. The number of aliphatic hydroxyl groups is 1. The van der Waals surface area contributed by atoms with Gasteiger partial charge in [0.1, 0.15) is 0 Å². The molecule has 2 nitrogen and oxygen atoms in total. The Labute approximate surface area is 121 Å². The second-order valence-corrected chi connectivity index (χ2v) is 6.18. The molecule has 0 radical (unpaired) electrons. The molecular formula is C18H23NO. The molecule has 2 aliphatic rings. The smallest absolute Gasteiger partial charge is 0.0500 e. The fourth-order valence-corrected chi connectivity index (χ4v) is 3.41. The molecule has 0 amide bonds. The van der Waals surface area contributed by atoms with Crippen LogP contribution in [0.4, 0.5) is 0 Å². The highest BCUT2D eigenvalue weighted by Gasteiger charge is 2.25. The summed E-state index contributed by atoms with van der Waals surface area (Å²) in [7, 11) is 0. The van der Waals surface area contributed by atoms with Gasteiger partial charge >= 0.3 is 0 Å². The van der Waals surface area contributed by atoms with E-state index in [0.29, 0.717) is 11.8 Å². The molecule has 20 heavy (non-hydrogen) atoms. The third-order valence-corrected chi connectivity index (χ3v) is 4.63. The van der Waals surface area contributed by atoms with Crippen LogP contribution in [0.25, 0.3) is 11.8 Å². The predicted molar refractivity (Wildman–Crippen MR) is 84.2 cm³/mol. The van der Waals surface area contributed by atoms with Crippen molar-refractivity contribution < 1.29 is 5.11 Å². The number of allylic oxidation sites excluding steroid dienone is 4. The first-order valence-electron chi connectivity index (χ1n) is 7.51. The van der Waals surface area contributed by atoms with Crippen molar-refractivity contribution in [3.63, 3.8) is 0 Å². The van der Waals surface area contributed by atoms with Crippen LogP contribution in [0.5, 0.6) is 0 Å². The minimum atomic E-state index is 0.213. The molecule has 0 bridgehead atoms. The van der Waals surface area contributed by atoms with Gasteiger partial charge in [-0.05, 0) is 43.0 Å². The molecule has 0 saturated carbocycles. The summed E-state index contributed by atoms with van der Waals surface area (Å²) in [6.45, 7) is 6.86. The monoisotopic (exact) mass is 269 g/mol. The summed E-state index contributed by atoms with van der Waals surface area (Å²) in [4.78, 5) is 0. The van der Waals surface area contributed by atoms with Crippen molar-refractivity contribution in [2.45, 2.75) is 27.2 Å². The van der Waals surface area contributed by atoms with E-state index in [1.807, 2.05) is 0 Å². The lowest BCUT2D eigenvalue weighted by atomic mass is 9.87. The topological polar surface area (TPSA) is 25.2 Å². The lowest BCUT2D eigenvalue weighted by Crippen LogP contribution is -2.21. The van der Waals surface area contributed by atoms with Crippen molar-refractivity contribution in [2.75, 3.05) is 6.61 Å². The number of aromatic nitrogens is 1. The molecule has 0 fully saturated rings. The molecule has 0 saturated heterocycles. The van der Waals surface area contributed by atoms with Gasteiger partial charge in [0.2, 0.25) is 0 Å². The van der Waals surface area contributed by atoms with Crippen LogP contribution < -0.4 is 0 Å². The second kappa shape index (κ2) is 5.10. The van der Waals surface area contributed by atoms with Gasteiger partial charge in [-0.15, -0.1) is 0 Å². The Bertz CT molecular complexity index is 603. The van der Waals surface area contributed by atoms with E-state index in [0.717, 1.165) is 6.42 Å². The quantitative estimate of drug-likeness (QED) is 0.871. The van der Waals surface area contributed by atoms with Crippen molar-refractivity contribution in [3.8, 4) is 0 Å². The molecule has 3 atom stereocenters. The zero-order chi connectivity index (χ0) is 14.3. The summed E-state index contributed by atoms with van der Waals surface area (Å²) >= 11 is 0. The number of nitrogens with zero attached hydrogens (tertiary/aromatic N) is 1. The Kier molecular flexibility index (Phi) is 3.43. The van der Waals surface area contributed by atoms with E-state index in [1.165, 1.54) is 22.6 Å². The summed E-state index contributed by atoms with van der Waals surface area (Å²) in [6.07, 6.45) is 12.1. The first-order chi connectivity index (χ1) is 9.61. The van der Waals surface area contributed by atoms with Crippen LogP contribution in [-0.4, -0.2) is 16.3 Å². The van der Waals surface area contributed by atoms with Crippen molar-refractivity contribution >= 4 is 11.8 Å². The number of hydrogen-bond acceptors (Lipinski definition) is 1. The normalized spacial score (nSPS) is 28.4. The fourth-order valence-electron chi connectivity index (χ4n) is 3.41. The summed E-state index contributed by atoms with van der Waals surface area (Å²) in [5, 5.41) is 9.52. The van der Waals surface area contributed by atoms with Crippen molar-refractivity contribution in [1.82, 2.24) is 4.57 Å². The highest BCUT2D eigenvalue weighted by Crippen LogP contribution is 2.35. The van der Waals surface area contributed by atoms with Crippen LogP contribution in [0.2, 0.25) is 0 Å². The van der Waals surface area contributed by atoms with Gasteiger partial charge in [0.25, 0.3) is 0 Å². The lowest BCUT2D eigenvalue weighted by Gasteiger charge is -2.28. The molecule has 3 rings (SSSR count). The summed E-state index contributed by atoms with van der Waals surface area (Å²) in [5.74, 6) is 1.19. The van der Waals surface area contributed by atoms with Gasteiger partial charge in [-0.1, -0.05) is 32.1 Å². The number of aliphatic hydroxyl groups excluding tert-OH is 1. The van der Waals surface area contributed by atoms with Gasteiger partial charge < -0.3 is 9.67 Å². The molecule has 2 heteroatoms. The number of fused-ring (bicyclic) bond motifs is 1. The first kappa shape index (κ1) is 13.4. The second-order valence-electron chi connectivity index (χ2n) is 6.18. The van der Waals surface area contributed by atoms with Crippen molar-refractivity contribution in [2.24, 2.45) is 17.8 Å². The minimum absolute atomic E-state index is 0.213. The van der Waals surface area contributed by atoms with E-state index in [-0.39, 0.29) is 12.5 Å². The molecule has 106 valence electrons. The maximum Gasteiger partial charge on any atom is 0.0500 e. The standard InChI is InChI=1S/C18H23NO/c1-12-7-8-18-16(9-12)10-13(2)19(18)17-6-4-5-15(11-20)14(17)3/h4-8,10,12,14-15,20H,9,11H2,1-3H3.